The van der Waals surface area contributed by atoms with Crippen LogP contribution in [0.2, 0.25) is 0 Å². The highest BCUT2D eigenvalue weighted by Crippen LogP contribution is 2.29. The van der Waals surface area contributed by atoms with Crippen molar-refractivity contribution >= 4 is 39.3 Å². The maximum atomic E-state index is 13.5. The molecule has 1 aromatic carbocycles. The molecule has 0 aliphatic rings. The number of halogens is 3. The molecule has 0 fully saturated rings. The third-order valence-electron chi connectivity index (χ3n) is 2.57. The number of hydrogen-bond donors (Lipinski definition) is 1. The number of thioether (sulfide) groups is 1. The summed E-state index contributed by atoms with van der Waals surface area (Å²) in [5.74, 6) is -1.72. The van der Waals surface area contributed by atoms with Crippen molar-refractivity contribution < 1.29 is 13.6 Å². The van der Waals surface area contributed by atoms with Gasteiger partial charge in [-0.3, -0.25) is 4.79 Å². The zero-order valence-corrected chi connectivity index (χ0v) is 13.3. The average molecular weight is 373 g/mol. The van der Waals surface area contributed by atoms with E-state index < -0.39 is 22.8 Å². The van der Waals surface area contributed by atoms with Gasteiger partial charge in [-0.1, -0.05) is 11.8 Å². The van der Waals surface area contributed by atoms with E-state index in [9.17, 15) is 13.6 Å². The lowest BCUT2D eigenvalue weighted by atomic mass is 10.3. The van der Waals surface area contributed by atoms with Gasteiger partial charge in [-0.15, -0.1) is 0 Å². The topological polar surface area (TPSA) is 42.0 Å². The summed E-state index contributed by atoms with van der Waals surface area (Å²) in [6, 6.07) is 6.49. The lowest BCUT2D eigenvalue weighted by Gasteiger charge is -2.12. The molecule has 1 N–H and O–H groups in total. The Hall–Kier alpha value is -1.47. The van der Waals surface area contributed by atoms with E-state index in [1.807, 2.05) is 6.07 Å². The molecule has 1 heterocycles. The number of rotatable bonds is 4. The van der Waals surface area contributed by atoms with Gasteiger partial charge >= 0.3 is 0 Å². The van der Waals surface area contributed by atoms with Gasteiger partial charge < -0.3 is 5.32 Å². The highest BCUT2D eigenvalue weighted by atomic mass is 79.9. The quantitative estimate of drug-likeness (QED) is 0.816. The molecule has 1 atom stereocenters. The summed E-state index contributed by atoms with van der Waals surface area (Å²) < 4.78 is 27.3. The lowest BCUT2D eigenvalue weighted by Crippen LogP contribution is -2.23. The van der Waals surface area contributed by atoms with Crippen molar-refractivity contribution in [2.24, 2.45) is 0 Å². The number of pyridine rings is 1. The van der Waals surface area contributed by atoms with E-state index in [4.69, 9.17) is 0 Å². The fourth-order valence-electron chi connectivity index (χ4n) is 1.51. The molecule has 0 spiro atoms. The number of nitrogens with one attached hydrogen (secondary N) is 1. The van der Waals surface area contributed by atoms with Gasteiger partial charge in [0, 0.05) is 16.7 Å². The Morgan fingerprint density at radius 1 is 1.38 bits per heavy atom. The molecule has 21 heavy (non-hydrogen) atoms. The maximum absolute atomic E-state index is 13.5. The van der Waals surface area contributed by atoms with Gasteiger partial charge in [0.1, 0.15) is 16.7 Å². The number of nitrogens with zero attached hydrogens (tertiary/aromatic N) is 1. The Morgan fingerprint density at radius 2 is 2.14 bits per heavy atom. The highest BCUT2D eigenvalue weighted by molar-refractivity contribution is 9.10. The maximum Gasteiger partial charge on any atom is 0.237 e. The molecule has 0 saturated heterocycles. The molecule has 1 amide bonds. The van der Waals surface area contributed by atoms with Gasteiger partial charge in [0.05, 0.1) is 10.9 Å². The van der Waals surface area contributed by atoms with Crippen molar-refractivity contribution in [2.45, 2.75) is 17.2 Å². The predicted octanol–water partition coefficient (Wildman–Crippen LogP) is 4.24. The zero-order chi connectivity index (χ0) is 15.4. The van der Waals surface area contributed by atoms with Gasteiger partial charge in [-0.2, -0.15) is 0 Å². The number of aromatic nitrogens is 1. The molecule has 110 valence electrons. The fraction of sp³-hybridized carbons (Fsp3) is 0.143. The molecular weight excluding hydrogens is 362 g/mol. The van der Waals surface area contributed by atoms with Crippen LogP contribution in [-0.4, -0.2) is 16.1 Å². The first-order chi connectivity index (χ1) is 9.97. The largest absolute Gasteiger partial charge is 0.323 e. The Kier molecular flexibility index (Phi) is 5.30. The van der Waals surface area contributed by atoms with E-state index in [-0.39, 0.29) is 5.69 Å². The van der Waals surface area contributed by atoms with Crippen LogP contribution in [0.25, 0.3) is 0 Å². The molecular formula is C14H11BrF2N2OS. The van der Waals surface area contributed by atoms with E-state index >= 15 is 0 Å². The minimum atomic E-state index is -0.680. The van der Waals surface area contributed by atoms with Gasteiger partial charge in [0.15, 0.2) is 0 Å². The summed E-state index contributed by atoms with van der Waals surface area (Å²) in [4.78, 5) is 16.2. The van der Waals surface area contributed by atoms with E-state index in [1.165, 1.54) is 11.8 Å². The number of hydrogen-bond acceptors (Lipinski definition) is 3. The van der Waals surface area contributed by atoms with E-state index in [1.54, 1.807) is 19.2 Å². The second-order valence-electron chi connectivity index (χ2n) is 4.16. The van der Waals surface area contributed by atoms with Crippen LogP contribution in [0.5, 0.6) is 0 Å². The standard InChI is InChI=1S/C14H11BrF2N2OS/c1-8(21-14-10(15)3-2-6-18-14)13(20)19-12-7-9(16)4-5-11(12)17/h2-8H,1H3,(H,19,20). The predicted molar refractivity (Wildman–Crippen MR) is 82.2 cm³/mol. The molecule has 0 radical (unpaired) electrons. The number of amides is 1. The monoisotopic (exact) mass is 372 g/mol. The summed E-state index contributed by atoms with van der Waals surface area (Å²) in [5.41, 5.74) is -0.174. The number of benzene rings is 1. The minimum Gasteiger partial charge on any atom is -0.323 e. The Morgan fingerprint density at radius 3 is 2.86 bits per heavy atom. The summed E-state index contributed by atoms with van der Waals surface area (Å²) in [7, 11) is 0. The van der Waals surface area contributed by atoms with Crippen LogP contribution >= 0.6 is 27.7 Å². The molecule has 2 rings (SSSR count). The molecule has 7 heteroatoms. The van der Waals surface area contributed by atoms with Crippen LogP contribution in [0, 0.1) is 11.6 Å². The first kappa shape index (κ1) is 15.9. The van der Waals surface area contributed by atoms with E-state index in [0.29, 0.717) is 5.03 Å². The van der Waals surface area contributed by atoms with Crippen molar-refractivity contribution in [1.29, 1.82) is 0 Å². The normalized spacial score (nSPS) is 12.0. The third kappa shape index (κ3) is 4.25. The van der Waals surface area contributed by atoms with E-state index in [0.717, 1.165) is 22.7 Å². The molecule has 3 nitrogen and oxygen atoms in total. The molecule has 0 aliphatic heterocycles. The minimum absolute atomic E-state index is 0.174. The summed E-state index contributed by atoms with van der Waals surface area (Å²) in [6.45, 7) is 1.67. The van der Waals surface area contributed by atoms with Crippen LogP contribution in [0.4, 0.5) is 14.5 Å². The number of carbonyl (C=O) groups is 1. The molecule has 0 saturated carbocycles. The van der Waals surface area contributed by atoms with Crippen molar-refractivity contribution in [3.05, 3.63) is 52.6 Å². The summed E-state index contributed by atoms with van der Waals surface area (Å²) in [6.07, 6.45) is 1.62. The fourth-order valence-corrected chi connectivity index (χ4v) is 2.85. The summed E-state index contributed by atoms with van der Waals surface area (Å²) >= 11 is 4.56. The molecule has 2 aromatic rings. The second-order valence-corrected chi connectivity index (χ2v) is 6.35. The first-order valence-corrected chi connectivity index (χ1v) is 7.67. The average Bonchev–Trinajstić information content (AvgIpc) is 2.45. The SMILES string of the molecule is CC(Sc1ncccc1Br)C(=O)Nc1cc(F)ccc1F. The molecule has 1 aromatic heterocycles. The van der Waals surface area contributed by atoms with Crippen molar-refractivity contribution in [3.63, 3.8) is 0 Å². The molecule has 0 bridgehead atoms. The Labute approximate surface area is 133 Å². The smallest absolute Gasteiger partial charge is 0.237 e. The van der Waals surface area contributed by atoms with Crippen molar-refractivity contribution in [3.8, 4) is 0 Å². The van der Waals surface area contributed by atoms with Crippen molar-refractivity contribution in [1.82, 2.24) is 4.98 Å². The van der Waals surface area contributed by atoms with Crippen molar-refractivity contribution in [2.75, 3.05) is 5.32 Å². The van der Waals surface area contributed by atoms with Gasteiger partial charge in [0.2, 0.25) is 5.91 Å². The second kappa shape index (κ2) is 7.00. The highest BCUT2D eigenvalue weighted by Gasteiger charge is 2.18. The van der Waals surface area contributed by atoms with Gasteiger partial charge in [-0.25, -0.2) is 13.8 Å². The van der Waals surface area contributed by atoms with E-state index in [2.05, 4.69) is 26.2 Å². The number of carbonyl (C=O) groups excluding carboxylic acids is 1. The summed E-state index contributed by atoms with van der Waals surface area (Å²) in [5, 5.41) is 2.51. The van der Waals surface area contributed by atoms with Gasteiger partial charge in [0.25, 0.3) is 0 Å². The third-order valence-corrected chi connectivity index (χ3v) is 4.59. The van der Waals surface area contributed by atoms with Crippen LogP contribution in [0.1, 0.15) is 6.92 Å². The molecule has 1 unspecified atom stereocenters. The lowest BCUT2D eigenvalue weighted by molar-refractivity contribution is -0.115. The van der Waals surface area contributed by atoms with Gasteiger partial charge in [-0.05, 0) is 47.1 Å². The first-order valence-electron chi connectivity index (χ1n) is 6.00. The Balaban J connectivity index is 2.06. The Bertz CT molecular complexity index is 669. The van der Waals surface area contributed by atoms with Crippen LogP contribution in [-0.2, 0) is 4.79 Å². The zero-order valence-electron chi connectivity index (χ0n) is 10.9. The number of anilines is 1. The van der Waals surface area contributed by atoms with Crippen LogP contribution in [0.15, 0.2) is 46.0 Å². The molecule has 0 aliphatic carbocycles. The van der Waals surface area contributed by atoms with Crippen LogP contribution in [0.3, 0.4) is 0 Å². The van der Waals surface area contributed by atoms with Crippen LogP contribution < -0.4 is 5.32 Å².